The molecular weight excluding hydrogens is 237 g/mol. The van der Waals surface area contributed by atoms with Crippen LogP contribution in [0.3, 0.4) is 0 Å². The summed E-state index contributed by atoms with van der Waals surface area (Å²) in [5.74, 6) is 0. The summed E-state index contributed by atoms with van der Waals surface area (Å²) in [6.45, 7) is 1.92. The zero-order valence-corrected chi connectivity index (χ0v) is 8.91. The van der Waals surface area contributed by atoms with Gasteiger partial charge in [0.2, 0.25) is 0 Å². The molecule has 1 aromatic rings. The number of benzene rings is 1. The standard InChI is InChI=1S/C9H7BrClN/c1-6-8(11)3-2-7(4-5-12)9(6)10/h2-3H,4H2,1H3. The molecule has 1 aromatic carbocycles. The van der Waals surface area contributed by atoms with Gasteiger partial charge in [0.05, 0.1) is 12.5 Å². The van der Waals surface area contributed by atoms with E-state index >= 15 is 0 Å². The monoisotopic (exact) mass is 243 g/mol. The van der Waals surface area contributed by atoms with Crippen molar-refractivity contribution in [1.29, 1.82) is 5.26 Å². The SMILES string of the molecule is Cc1c(Cl)ccc(CC#N)c1Br. The molecule has 1 nitrogen and oxygen atoms in total. The highest BCUT2D eigenvalue weighted by molar-refractivity contribution is 9.10. The third-order valence-corrected chi connectivity index (χ3v) is 3.18. The molecule has 0 saturated heterocycles. The first-order valence-corrected chi connectivity index (χ1v) is 4.64. The number of halogens is 2. The number of nitriles is 1. The molecule has 0 atom stereocenters. The maximum atomic E-state index is 8.50. The quantitative estimate of drug-likeness (QED) is 0.742. The summed E-state index contributed by atoms with van der Waals surface area (Å²) >= 11 is 9.27. The second-order valence-electron chi connectivity index (χ2n) is 2.48. The lowest BCUT2D eigenvalue weighted by atomic mass is 10.1. The fraction of sp³-hybridized carbons (Fsp3) is 0.222. The number of hydrogen-bond donors (Lipinski definition) is 0. The molecule has 62 valence electrons. The van der Waals surface area contributed by atoms with E-state index in [1.54, 1.807) is 0 Å². The highest BCUT2D eigenvalue weighted by Gasteiger charge is 2.04. The minimum atomic E-state index is 0.415. The molecular formula is C9H7BrClN. The Hall–Kier alpha value is -0.520. The van der Waals surface area contributed by atoms with E-state index in [4.69, 9.17) is 16.9 Å². The molecule has 0 aliphatic rings. The molecule has 0 aromatic heterocycles. The summed E-state index contributed by atoms with van der Waals surface area (Å²) in [6, 6.07) is 5.78. The van der Waals surface area contributed by atoms with Gasteiger partial charge in [0.15, 0.2) is 0 Å². The molecule has 0 bridgehead atoms. The van der Waals surface area contributed by atoms with E-state index in [0.717, 1.165) is 20.6 Å². The maximum absolute atomic E-state index is 8.50. The fourth-order valence-corrected chi connectivity index (χ4v) is 1.70. The average Bonchev–Trinajstić information content (AvgIpc) is 2.07. The molecule has 0 fully saturated rings. The minimum Gasteiger partial charge on any atom is -0.198 e. The van der Waals surface area contributed by atoms with Crippen molar-refractivity contribution in [3.63, 3.8) is 0 Å². The summed E-state index contributed by atoms with van der Waals surface area (Å²) in [5.41, 5.74) is 1.98. The topological polar surface area (TPSA) is 23.8 Å². The molecule has 0 N–H and O–H groups in total. The Bertz CT molecular complexity index is 341. The van der Waals surface area contributed by atoms with Crippen molar-refractivity contribution in [2.24, 2.45) is 0 Å². The van der Waals surface area contributed by atoms with Gasteiger partial charge in [-0.1, -0.05) is 33.6 Å². The third-order valence-electron chi connectivity index (χ3n) is 1.67. The van der Waals surface area contributed by atoms with Crippen molar-refractivity contribution in [3.8, 4) is 6.07 Å². The van der Waals surface area contributed by atoms with Crippen LogP contribution in [0.15, 0.2) is 16.6 Å². The van der Waals surface area contributed by atoms with Crippen LogP contribution in [-0.4, -0.2) is 0 Å². The van der Waals surface area contributed by atoms with Crippen molar-refractivity contribution in [1.82, 2.24) is 0 Å². The van der Waals surface area contributed by atoms with Gasteiger partial charge in [-0.2, -0.15) is 5.26 Å². The highest BCUT2D eigenvalue weighted by Crippen LogP contribution is 2.27. The molecule has 3 heteroatoms. The molecule has 0 spiro atoms. The van der Waals surface area contributed by atoms with Crippen molar-refractivity contribution in [2.75, 3.05) is 0 Å². The van der Waals surface area contributed by atoms with Crippen molar-refractivity contribution < 1.29 is 0 Å². The Morgan fingerprint density at radius 3 is 2.83 bits per heavy atom. The number of hydrogen-bond acceptors (Lipinski definition) is 1. The van der Waals surface area contributed by atoms with E-state index < -0.39 is 0 Å². The van der Waals surface area contributed by atoms with E-state index in [1.165, 1.54) is 0 Å². The predicted octanol–water partition coefficient (Wildman–Crippen LogP) is 3.48. The maximum Gasteiger partial charge on any atom is 0.0670 e. The smallest absolute Gasteiger partial charge is 0.0670 e. The average molecular weight is 245 g/mol. The Morgan fingerprint density at radius 1 is 1.58 bits per heavy atom. The van der Waals surface area contributed by atoms with Crippen LogP contribution in [0.5, 0.6) is 0 Å². The van der Waals surface area contributed by atoms with Gasteiger partial charge in [0.1, 0.15) is 0 Å². The molecule has 0 aliphatic heterocycles. The molecule has 0 amide bonds. The van der Waals surface area contributed by atoms with Gasteiger partial charge in [0.25, 0.3) is 0 Å². The van der Waals surface area contributed by atoms with E-state index in [9.17, 15) is 0 Å². The van der Waals surface area contributed by atoms with E-state index in [-0.39, 0.29) is 0 Å². The van der Waals surface area contributed by atoms with E-state index in [1.807, 2.05) is 19.1 Å². The number of rotatable bonds is 1. The van der Waals surface area contributed by atoms with Crippen molar-refractivity contribution in [3.05, 3.63) is 32.8 Å². The zero-order chi connectivity index (χ0) is 9.14. The summed E-state index contributed by atoms with van der Waals surface area (Å²) in [6.07, 6.45) is 0.415. The summed E-state index contributed by atoms with van der Waals surface area (Å²) < 4.78 is 0.941. The molecule has 0 saturated carbocycles. The van der Waals surface area contributed by atoms with Crippen LogP contribution in [0.4, 0.5) is 0 Å². The molecule has 12 heavy (non-hydrogen) atoms. The van der Waals surface area contributed by atoms with Crippen LogP contribution < -0.4 is 0 Å². The van der Waals surface area contributed by atoms with Gasteiger partial charge in [-0.3, -0.25) is 0 Å². The first-order chi connectivity index (χ1) is 5.66. The largest absolute Gasteiger partial charge is 0.198 e. The Morgan fingerprint density at radius 2 is 2.25 bits per heavy atom. The third kappa shape index (κ3) is 1.80. The van der Waals surface area contributed by atoms with Gasteiger partial charge >= 0.3 is 0 Å². The first kappa shape index (κ1) is 9.57. The fourth-order valence-electron chi connectivity index (χ4n) is 0.939. The van der Waals surface area contributed by atoms with Gasteiger partial charge in [0, 0.05) is 9.50 Å². The van der Waals surface area contributed by atoms with Gasteiger partial charge in [-0.25, -0.2) is 0 Å². The van der Waals surface area contributed by atoms with Crippen LogP contribution in [-0.2, 0) is 6.42 Å². The van der Waals surface area contributed by atoms with Crippen LogP contribution in [0, 0.1) is 18.3 Å². The molecule has 0 heterocycles. The van der Waals surface area contributed by atoms with Crippen LogP contribution in [0.1, 0.15) is 11.1 Å². The molecule has 0 aliphatic carbocycles. The minimum absolute atomic E-state index is 0.415. The lowest BCUT2D eigenvalue weighted by Crippen LogP contribution is -1.87. The van der Waals surface area contributed by atoms with Crippen LogP contribution in [0.25, 0.3) is 0 Å². The van der Waals surface area contributed by atoms with Gasteiger partial charge in [-0.15, -0.1) is 0 Å². The summed E-state index contributed by atoms with van der Waals surface area (Å²) in [4.78, 5) is 0. The van der Waals surface area contributed by atoms with Crippen molar-refractivity contribution >= 4 is 27.5 Å². The lowest BCUT2D eigenvalue weighted by molar-refractivity contribution is 1.22. The normalized spacial score (nSPS) is 9.50. The summed E-state index contributed by atoms with van der Waals surface area (Å²) in [7, 11) is 0. The predicted molar refractivity (Wildman–Crippen MR) is 53.2 cm³/mol. The van der Waals surface area contributed by atoms with E-state index in [2.05, 4.69) is 22.0 Å². The lowest BCUT2D eigenvalue weighted by Gasteiger charge is -2.04. The van der Waals surface area contributed by atoms with Crippen molar-refractivity contribution in [2.45, 2.75) is 13.3 Å². The Labute approximate surface area is 85.1 Å². The highest BCUT2D eigenvalue weighted by atomic mass is 79.9. The second-order valence-corrected chi connectivity index (χ2v) is 3.68. The van der Waals surface area contributed by atoms with Gasteiger partial charge < -0.3 is 0 Å². The zero-order valence-electron chi connectivity index (χ0n) is 6.56. The molecule has 0 radical (unpaired) electrons. The summed E-state index contributed by atoms with van der Waals surface area (Å²) in [5, 5.41) is 9.23. The Kier molecular flexibility index (Phi) is 3.13. The molecule has 0 unspecified atom stereocenters. The first-order valence-electron chi connectivity index (χ1n) is 3.47. The van der Waals surface area contributed by atoms with Crippen LogP contribution in [0.2, 0.25) is 5.02 Å². The molecule has 1 rings (SSSR count). The second kappa shape index (κ2) is 3.93. The number of nitrogens with zero attached hydrogens (tertiary/aromatic N) is 1. The van der Waals surface area contributed by atoms with Crippen LogP contribution >= 0.6 is 27.5 Å². The van der Waals surface area contributed by atoms with E-state index in [0.29, 0.717) is 6.42 Å². The van der Waals surface area contributed by atoms with Gasteiger partial charge in [-0.05, 0) is 24.1 Å². The Balaban J connectivity index is 3.19.